The van der Waals surface area contributed by atoms with E-state index in [-0.39, 0.29) is 5.54 Å². The minimum Gasteiger partial charge on any atom is -0.371 e. The normalized spacial score (nSPS) is 19.9. The highest BCUT2D eigenvalue weighted by Crippen LogP contribution is 2.25. The van der Waals surface area contributed by atoms with Gasteiger partial charge in [-0.1, -0.05) is 6.07 Å². The van der Waals surface area contributed by atoms with Gasteiger partial charge in [-0.2, -0.15) is 0 Å². The van der Waals surface area contributed by atoms with E-state index in [0.29, 0.717) is 0 Å². The highest BCUT2D eigenvalue weighted by Gasteiger charge is 2.25. The van der Waals surface area contributed by atoms with Gasteiger partial charge < -0.3 is 10.6 Å². The quantitative estimate of drug-likeness (QED) is 0.785. The Morgan fingerprint density at radius 3 is 2.31 bits per heavy atom. The van der Waals surface area contributed by atoms with Crippen molar-refractivity contribution < 1.29 is 0 Å². The summed E-state index contributed by atoms with van der Waals surface area (Å²) in [6.45, 7) is 8.65. The highest BCUT2D eigenvalue weighted by molar-refractivity contribution is 5.51. The molecule has 0 amide bonds. The summed E-state index contributed by atoms with van der Waals surface area (Å²) in [7, 11) is 0. The molecule has 0 saturated carbocycles. The predicted molar refractivity (Wildman–Crippen MR) is 70.0 cm³/mol. The first kappa shape index (κ1) is 11.5. The van der Waals surface area contributed by atoms with Crippen LogP contribution in [0.1, 0.15) is 30.9 Å². The van der Waals surface area contributed by atoms with Crippen LogP contribution in [0.5, 0.6) is 0 Å². The molecule has 1 fully saturated rings. The minimum atomic E-state index is 0.0379. The number of piperidine rings is 1. The standard InChI is InChI=1S/C14H22N2/c1-11-4-5-13(10-12(11)2)16-8-6-14(3,15)7-9-16/h4-5,10H,6-9,15H2,1-3H3. The van der Waals surface area contributed by atoms with E-state index in [0.717, 1.165) is 25.9 Å². The highest BCUT2D eigenvalue weighted by atomic mass is 15.1. The molecule has 0 unspecified atom stereocenters. The molecule has 1 aromatic carbocycles. The Kier molecular flexibility index (Phi) is 2.94. The Morgan fingerprint density at radius 2 is 1.75 bits per heavy atom. The largest absolute Gasteiger partial charge is 0.371 e. The van der Waals surface area contributed by atoms with Crippen molar-refractivity contribution in [3.63, 3.8) is 0 Å². The monoisotopic (exact) mass is 218 g/mol. The molecule has 1 aliphatic rings. The first-order chi connectivity index (χ1) is 7.48. The third-order valence-corrected chi connectivity index (χ3v) is 3.76. The molecule has 2 N–H and O–H groups in total. The maximum Gasteiger partial charge on any atom is 0.0369 e. The summed E-state index contributed by atoms with van der Waals surface area (Å²) < 4.78 is 0. The molecule has 1 aliphatic heterocycles. The fourth-order valence-corrected chi connectivity index (χ4v) is 2.20. The van der Waals surface area contributed by atoms with E-state index in [1.54, 1.807) is 0 Å². The van der Waals surface area contributed by atoms with Crippen LogP contribution >= 0.6 is 0 Å². The molecule has 0 spiro atoms. The van der Waals surface area contributed by atoms with E-state index in [9.17, 15) is 0 Å². The van der Waals surface area contributed by atoms with Crippen molar-refractivity contribution in [2.75, 3.05) is 18.0 Å². The van der Waals surface area contributed by atoms with Crippen LogP contribution in [0.2, 0.25) is 0 Å². The molecule has 1 aromatic rings. The predicted octanol–water partition coefficient (Wildman–Crippen LogP) is 2.62. The minimum absolute atomic E-state index is 0.0379. The molecule has 16 heavy (non-hydrogen) atoms. The van der Waals surface area contributed by atoms with Gasteiger partial charge in [0, 0.05) is 24.3 Å². The third kappa shape index (κ3) is 2.38. The number of hydrogen-bond acceptors (Lipinski definition) is 2. The Morgan fingerprint density at radius 1 is 1.12 bits per heavy atom. The van der Waals surface area contributed by atoms with Crippen LogP contribution in [0.4, 0.5) is 5.69 Å². The van der Waals surface area contributed by atoms with Gasteiger partial charge in [0.25, 0.3) is 0 Å². The molecule has 2 rings (SSSR count). The Balaban J connectivity index is 2.11. The number of hydrogen-bond donors (Lipinski definition) is 1. The lowest BCUT2D eigenvalue weighted by Crippen LogP contribution is -2.48. The lowest BCUT2D eigenvalue weighted by Gasteiger charge is -2.38. The van der Waals surface area contributed by atoms with Crippen LogP contribution in [-0.2, 0) is 0 Å². The summed E-state index contributed by atoms with van der Waals surface area (Å²) in [5, 5.41) is 0. The third-order valence-electron chi connectivity index (χ3n) is 3.76. The topological polar surface area (TPSA) is 29.3 Å². The Bertz CT molecular complexity index is 372. The summed E-state index contributed by atoms with van der Waals surface area (Å²) in [6, 6.07) is 6.72. The lowest BCUT2D eigenvalue weighted by molar-refractivity contribution is 0.364. The maximum absolute atomic E-state index is 6.15. The van der Waals surface area contributed by atoms with Gasteiger partial charge in [0.05, 0.1) is 0 Å². The SMILES string of the molecule is Cc1ccc(N2CCC(C)(N)CC2)cc1C. The Labute approximate surface area is 98.4 Å². The van der Waals surface area contributed by atoms with E-state index in [1.165, 1.54) is 16.8 Å². The molecule has 88 valence electrons. The zero-order chi connectivity index (χ0) is 11.8. The molecule has 0 aromatic heterocycles. The molecule has 0 bridgehead atoms. The van der Waals surface area contributed by atoms with E-state index in [2.05, 4.69) is 43.9 Å². The van der Waals surface area contributed by atoms with Crippen molar-refractivity contribution in [3.05, 3.63) is 29.3 Å². The van der Waals surface area contributed by atoms with Gasteiger partial charge in [0.2, 0.25) is 0 Å². The van der Waals surface area contributed by atoms with Crippen molar-refractivity contribution in [1.29, 1.82) is 0 Å². The van der Waals surface area contributed by atoms with Gasteiger partial charge >= 0.3 is 0 Å². The Hall–Kier alpha value is -1.02. The molecular weight excluding hydrogens is 196 g/mol. The van der Waals surface area contributed by atoms with E-state index >= 15 is 0 Å². The number of nitrogens with zero attached hydrogens (tertiary/aromatic N) is 1. The fourth-order valence-electron chi connectivity index (χ4n) is 2.20. The first-order valence-electron chi connectivity index (χ1n) is 6.09. The van der Waals surface area contributed by atoms with Gasteiger partial charge in [-0.05, 0) is 56.9 Å². The summed E-state index contributed by atoms with van der Waals surface area (Å²) in [4.78, 5) is 2.45. The van der Waals surface area contributed by atoms with Crippen LogP contribution in [0.15, 0.2) is 18.2 Å². The summed E-state index contributed by atoms with van der Waals surface area (Å²) in [5.74, 6) is 0. The molecule has 0 radical (unpaired) electrons. The van der Waals surface area contributed by atoms with Crippen molar-refractivity contribution in [2.24, 2.45) is 5.73 Å². The van der Waals surface area contributed by atoms with E-state index < -0.39 is 0 Å². The second-order valence-corrected chi connectivity index (χ2v) is 5.41. The lowest BCUT2D eigenvalue weighted by atomic mass is 9.90. The molecular formula is C14H22N2. The van der Waals surface area contributed by atoms with Crippen molar-refractivity contribution in [3.8, 4) is 0 Å². The average molecular weight is 218 g/mol. The fraction of sp³-hybridized carbons (Fsp3) is 0.571. The number of anilines is 1. The second-order valence-electron chi connectivity index (χ2n) is 5.41. The molecule has 1 saturated heterocycles. The van der Waals surface area contributed by atoms with Crippen molar-refractivity contribution in [2.45, 2.75) is 39.2 Å². The number of aryl methyl sites for hydroxylation is 2. The van der Waals surface area contributed by atoms with Gasteiger partial charge in [0.1, 0.15) is 0 Å². The molecule has 2 nitrogen and oxygen atoms in total. The molecule has 2 heteroatoms. The van der Waals surface area contributed by atoms with E-state index in [4.69, 9.17) is 5.73 Å². The zero-order valence-electron chi connectivity index (χ0n) is 10.6. The van der Waals surface area contributed by atoms with Gasteiger partial charge in [0.15, 0.2) is 0 Å². The van der Waals surface area contributed by atoms with Crippen LogP contribution in [0, 0.1) is 13.8 Å². The number of rotatable bonds is 1. The molecule has 0 atom stereocenters. The van der Waals surface area contributed by atoms with Gasteiger partial charge in [-0.15, -0.1) is 0 Å². The molecule has 1 heterocycles. The summed E-state index contributed by atoms with van der Waals surface area (Å²) in [6.07, 6.45) is 2.17. The zero-order valence-corrected chi connectivity index (χ0v) is 10.6. The first-order valence-corrected chi connectivity index (χ1v) is 6.09. The average Bonchev–Trinajstić information content (AvgIpc) is 2.22. The second kappa shape index (κ2) is 4.10. The van der Waals surface area contributed by atoms with Crippen LogP contribution in [0.25, 0.3) is 0 Å². The van der Waals surface area contributed by atoms with Gasteiger partial charge in [-0.25, -0.2) is 0 Å². The van der Waals surface area contributed by atoms with Crippen molar-refractivity contribution >= 4 is 5.69 Å². The van der Waals surface area contributed by atoms with E-state index in [1.807, 2.05) is 0 Å². The van der Waals surface area contributed by atoms with Crippen LogP contribution < -0.4 is 10.6 Å². The molecule has 0 aliphatic carbocycles. The number of nitrogens with two attached hydrogens (primary N) is 1. The smallest absolute Gasteiger partial charge is 0.0369 e. The van der Waals surface area contributed by atoms with Gasteiger partial charge in [-0.3, -0.25) is 0 Å². The van der Waals surface area contributed by atoms with Crippen LogP contribution in [0.3, 0.4) is 0 Å². The number of benzene rings is 1. The maximum atomic E-state index is 6.15. The van der Waals surface area contributed by atoms with Crippen molar-refractivity contribution in [1.82, 2.24) is 0 Å². The summed E-state index contributed by atoms with van der Waals surface area (Å²) >= 11 is 0. The van der Waals surface area contributed by atoms with Crippen LogP contribution in [-0.4, -0.2) is 18.6 Å². The summed E-state index contributed by atoms with van der Waals surface area (Å²) in [5.41, 5.74) is 10.3.